The van der Waals surface area contributed by atoms with E-state index in [0.717, 1.165) is 5.56 Å². The van der Waals surface area contributed by atoms with E-state index in [4.69, 9.17) is 14.2 Å². The number of rotatable bonds is 5. The maximum absolute atomic E-state index is 5.73. The first-order valence-corrected chi connectivity index (χ1v) is 6.00. The van der Waals surface area contributed by atoms with E-state index in [-0.39, 0.29) is 11.9 Å². The molecule has 1 aromatic carbocycles. The van der Waals surface area contributed by atoms with Gasteiger partial charge in [-0.05, 0) is 45.4 Å². The molecule has 0 heterocycles. The number of methoxy groups -OCH3 is 1. The SMILES string of the molecule is C=Cc1ccc(OC(C)OC(C)(C)C)c(OC)c1. The molecule has 0 saturated heterocycles. The van der Waals surface area contributed by atoms with Crippen LogP contribution in [0.2, 0.25) is 0 Å². The third-order valence-corrected chi connectivity index (χ3v) is 2.24. The van der Waals surface area contributed by atoms with E-state index in [1.165, 1.54) is 0 Å². The molecular formula is C15H22O3. The van der Waals surface area contributed by atoms with E-state index >= 15 is 0 Å². The maximum Gasteiger partial charge on any atom is 0.197 e. The molecule has 0 aliphatic carbocycles. The number of benzene rings is 1. The van der Waals surface area contributed by atoms with E-state index in [1.807, 2.05) is 45.9 Å². The average Bonchev–Trinajstić information content (AvgIpc) is 2.27. The van der Waals surface area contributed by atoms with E-state index in [9.17, 15) is 0 Å². The largest absolute Gasteiger partial charge is 0.493 e. The van der Waals surface area contributed by atoms with Crippen LogP contribution < -0.4 is 9.47 Å². The molecule has 0 fully saturated rings. The lowest BCUT2D eigenvalue weighted by Crippen LogP contribution is -2.29. The standard InChI is InChI=1S/C15H22O3/c1-7-12-8-9-13(14(10-12)16-6)17-11(2)18-15(3,4)5/h7-11H,1H2,2-6H3. The molecule has 3 nitrogen and oxygen atoms in total. The fourth-order valence-electron chi connectivity index (χ4n) is 1.61. The molecule has 0 amide bonds. The lowest BCUT2D eigenvalue weighted by Gasteiger charge is -2.26. The van der Waals surface area contributed by atoms with Gasteiger partial charge in [-0.2, -0.15) is 0 Å². The number of ether oxygens (including phenoxy) is 3. The van der Waals surface area contributed by atoms with Gasteiger partial charge in [-0.25, -0.2) is 0 Å². The van der Waals surface area contributed by atoms with Gasteiger partial charge in [-0.15, -0.1) is 0 Å². The molecule has 18 heavy (non-hydrogen) atoms. The van der Waals surface area contributed by atoms with Crippen molar-refractivity contribution in [3.8, 4) is 11.5 Å². The lowest BCUT2D eigenvalue weighted by molar-refractivity contribution is -0.140. The van der Waals surface area contributed by atoms with E-state index in [0.29, 0.717) is 11.5 Å². The summed E-state index contributed by atoms with van der Waals surface area (Å²) >= 11 is 0. The van der Waals surface area contributed by atoms with Gasteiger partial charge in [0, 0.05) is 0 Å². The molecule has 0 N–H and O–H groups in total. The molecule has 0 radical (unpaired) electrons. The normalized spacial score (nSPS) is 12.9. The van der Waals surface area contributed by atoms with E-state index in [2.05, 4.69) is 6.58 Å². The van der Waals surface area contributed by atoms with Crippen LogP contribution in [0.15, 0.2) is 24.8 Å². The van der Waals surface area contributed by atoms with Crippen molar-refractivity contribution in [1.29, 1.82) is 0 Å². The fraction of sp³-hybridized carbons (Fsp3) is 0.467. The lowest BCUT2D eigenvalue weighted by atomic mass is 10.2. The molecular weight excluding hydrogens is 228 g/mol. The Morgan fingerprint density at radius 1 is 1.22 bits per heavy atom. The first-order chi connectivity index (χ1) is 8.35. The Morgan fingerprint density at radius 2 is 1.89 bits per heavy atom. The molecule has 1 unspecified atom stereocenters. The van der Waals surface area contributed by atoms with Crippen LogP contribution in [0.4, 0.5) is 0 Å². The number of hydrogen-bond acceptors (Lipinski definition) is 3. The topological polar surface area (TPSA) is 27.7 Å². The van der Waals surface area contributed by atoms with Crippen LogP contribution in [0, 0.1) is 0 Å². The quantitative estimate of drug-likeness (QED) is 0.742. The Kier molecular flexibility index (Phi) is 4.79. The first kappa shape index (κ1) is 14.6. The zero-order valence-corrected chi connectivity index (χ0v) is 11.8. The van der Waals surface area contributed by atoms with Gasteiger partial charge in [0.15, 0.2) is 17.8 Å². The molecule has 0 aliphatic heterocycles. The minimum atomic E-state index is -0.339. The average molecular weight is 250 g/mol. The summed E-state index contributed by atoms with van der Waals surface area (Å²) < 4.78 is 16.7. The maximum atomic E-state index is 5.73. The highest BCUT2D eigenvalue weighted by Gasteiger charge is 2.17. The summed E-state index contributed by atoms with van der Waals surface area (Å²) in [5.41, 5.74) is 0.747. The van der Waals surface area contributed by atoms with Crippen LogP contribution in [-0.2, 0) is 4.74 Å². The fourth-order valence-corrected chi connectivity index (χ4v) is 1.61. The van der Waals surface area contributed by atoms with Gasteiger partial charge in [-0.1, -0.05) is 18.7 Å². The van der Waals surface area contributed by atoms with Crippen LogP contribution in [0.25, 0.3) is 6.08 Å². The van der Waals surface area contributed by atoms with Crippen LogP contribution >= 0.6 is 0 Å². The zero-order chi connectivity index (χ0) is 13.8. The van der Waals surface area contributed by atoms with E-state index < -0.39 is 0 Å². The minimum absolute atomic E-state index is 0.242. The van der Waals surface area contributed by atoms with Gasteiger partial charge >= 0.3 is 0 Å². The van der Waals surface area contributed by atoms with Gasteiger partial charge in [-0.3, -0.25) is 0 Å². The van der Waals surface area contributed by atoms with Crippen molar-refractivity contribution in [1.82, 2.24) is 0 Å². The number of hydrogen-bond donors (Lipinski definition) is 0. The predicted octanol–water partition coefficient (Wildman–Crippen LogP) is 3.88. The zero-order valence-electron chi connectivity index (χ0n) is 11.8. The molecule has 0 saturated carbocycles. The Bertz CT molecular complexity index is 405. The van der Waals surface area contributed by atoms with Gasteiger partial charge in [0.2, 0.25) is 0 Å². The third-order valence-electron chi connectivity index (χ3n) is 2.24. The van der Waals surface area contributed by atoms with Crippen LogP contribution in [-0.4, -0.2) is 19.0 Å². The van der Waals surface area contributed by atoms with Crippen molar-refractivity contribution in [2.24, 2.45) is 0 Å². The summed E-state index contributed by atoms with van der Waals surface area (Å²) in [6, 6.07) is 5.67. The van der Waals surface area contributed by atoms with Crippen molar-refractivity contribution in [3.05, 3.63) is 30.3 Å². The molecule has 1 aromatic rings. The second kappa shape index (κ2) is 5.91. The second-order valence-electron chi connectivity index (χ2n) is 5.03. The molecule has 0 spiro atoms. The van der Waals surface area contributed by atoms with Crippen molar-refractivity contribution in [2.45, 2.75) is 39.6 Å². The Hall–Kier alpha value is -1.48. The summed E-state index contributed by atoms with van der Waals surface area (Å²) in [4.78, 5) is 0. The van der Waals surface area contributed by atoms with Gasteiger partial charge in [0.05, 0.1) is 12.7 Å². The van der Waals surface area contributed by atoms with Gasteiger partial charge < -0.3 is 14.2 Å². The molecule has 3 heteroatoms. The molecule has 0 bridgehead atoms. The molecule has 0 aromatic heterocycles. The van der Waals surface area contributed by atoms with Crippen molar-refractivity contribution < 1.29 is 14.2 Å². The van der Waals surface area contributed by atoms with Gasteiger partial charge in [0.1, 0.15) is 0 Å². The van der Waals surface area contributed by atoms with Crippen LogP contribution in [0.1, 0.15) is 33.3 Å². The summed E-state index contributed by atoms with van der Waals surface area (Å²) in [5.74, 6) is 1.34. The monoisotopic (exact) mass is 250 g/mol. The Balaban J connectivity index is 2.80. The highest BCUT2D eigenvalue weighted by atomic mass is 16.7. The van der Waals surface area contributed by atoms with Gasteiger partial charge in [0.25, 0.3) is 0 Å². The first-order valence-electron chi connectivity index (χ1n) is 6.00. The third kappa shape index (κ3) is 4.41. The highest BCUT2D eigenvalue weighted by molar-refractivity contribution is 5.54. The highest BCUT2D eigenvalue weighted by Crippen LogP contribution is 2.30. The molecule has 100 valence electrons. The van der Waals surface area contributed by atoms with Crippen molar-refractivity contribution >= 4 is 6.08 Å². The minimum Gasteiger partial charge on any atom is -0.493 e. The van der Waals surface area contributed by atoms with Crippen molar-refractivity contribution in [2.75, 3.05) is 7.11 Å². The Labute approximate surface area is 109 Å². The summed E-state index contributed by atoms with van der Waals surface area (Å²) in [6.45, 7) is 11.6. The molecule has 1 atom stereocenters. The summed E-state index contributed by atoms with van der Waals surface area (Å²) in [6.07, 6.45) is 1.43. The van der Waals surface area contributed by atoms with E-state index in [1.54, 1.807) is 13.2 Å². The van der Waals surface area contributed by atoms with Crippen LogP contribution in [0.5, 0.6) is 11.5 Å². The molecule has 1 rings (SSSR count). The summed E-state index contributed by atoms with van der Waals surface area (Å²) in [5, 5.41) is 0. The summed E-state index contributed by atoms with van der Waals surface area (Å²) in [7, 11) is 1.62. The Morgan fingerprint density at radius 3 is 2.39 bits per heavy atom. The van der Waals surface area contributed by atoms with Crippen LogP contribution in [0.3, 0.4) is 0 Å². The smallest absolute Gasteiger partial charge is 0.197 e. The second-order valence-corrected chi connectivity index (χ2v) is 5.03. The molecule has 0 aliphatic rings. The predicted molar refractivity (Wildman–Crippen MR) is 74.0 cm³/mol. The van der Waals surface area contributed by atoms with Crippen molar-refractivity contribution in [3.63, 3.8) is 0 Å².